The van der Waals surface area contributed by atoms with Crippen molar-refractivity contribution in [2.75, 3.05) is 0 Å². The smallest absolute Gasteiger partial charge is 0.198 e. The van der Waals surface area contributed by atoms with E-state index in [0.29, 0.717) is 12.3 Å². The molecule has 2 N–H and O–H groups in total. The summed E-state index contributed by atoms with van der Waals surface area (Å²) in [7, 11) is 0. The summed E-state index contributed by atoms with van der Waals surface area (Å²) in [6, 6.07) is 0. The zero-order valence-electron chi connectivity index (χ0n) is 12.1. The summed E-state index contributed by atoms with van der Waals surface area (Å²) in [5.74, 6) is -1.25. The molecule has 0 aromatic carbocycles. The largest absolute Gasteiger partial charge is 0.511 e. The van der Waals surface area contributed by atoms with Crippen LogP contribution in [0.1, 0.15) is 47.0 Å². The first-order valence-electron chi connectivity index (χ1n) is 6.94. The molecule has 0 aromatic heterocycles. The van der Waals surface area contributed by atoms with Gasteiger partial charge in [0.05, 0.1) is 5.92 Å². The molecule has 0 bridgehead atoms. The lowest BCUT2D eigenvalue weighted by Crippen LogP contribution is -2.25. The Bertz CT molecular complexity index is 393. The van der Waals surface area contributed by atoms with E-state index in [0.717, 1.165) is 6.42 Å². The van der Waals surface area contributed by atoms with Crippen molar-refractivity contribution >= 4 is 11.6 Å². The van der Waals surface area contributed by atoms with E-state index in [1.54, 1.807) is 0 Å². The van der Waals surface area contributed by atoms with Gasteiger partial charge in [0, 0.05) is 6.42 Å². The van der Waals surface area contributed by atoms with Gasteiger partial charge in [-0.2, -0.15) is 0 Å². The van der Waals surface area contributed by atoms with Crippen LogP contribution < -0.4 is 0 Å². The molecule has 0 unspecified atom stereocenters. The van der Waals surface area contributed by atoms with E-state index in [4.69, 9.17) is 0 Å². The van der Waals surface area contributed by atoms with Gasteiger partial charge in [0.1, 0.15) is 17.4 Å². The highest BCUT2D eigenvalue weighted by Gasteiger charge is 2.43. The van der Waals surface area contributed by atoms with Crippen molar-refractivity contribution in [3.63, 3.8) is 0 Å². The van der Waals surface area contributed by atoms with Crippen LogP contribution in [0, 0.1) is 17.8 Å². The molecular formula is C15H24O4. The van der Waals surface area contributed by atoms with Crippen LogP contribution in [0.2, 0.25) is 0 Å². The fraction of sp³-hybridized carbons (Fsp3) is 0.733. The SMILES string of the molecule is CC(C)CC[C@@H]1C(O)=C(C(=O)CC(C)C)C(=O)[C@H]1O. The zero-order chi connectivity index (χ0) is 14.7. The molecule has 1 aliphatic carbocycles. The Kier molecular flexibility index (Phi) is 5.29. The molecule has 0 amide bonds. The molecule has 0 saturated carbocycles. The standard InChI is InChI=1S/C15H24O4/c1-8(2)5-6-10-13(17)12(15(19)14(10)18)11(16)7-9(3)4/h8-10,14,17-18H,5-7H2,1-4H3/t10-,14+/m1/s1. The van der Waals surface area contributed by atoms with Crippen molar-refractivity contribution in [3.05, 3.63) is 11.3 Å². The van der Waals surface area contributed by atoms with Crippen LogP contribution in [0.3, 0.4) is 0 Å². The van der Waals surface area contributed by atoms with Crippen LogP contribution in [-0.2, 0) is 9.59 Å². The number of hydrogen-bond donors (Lipinski definition) is 2. The number of Topliss-reactive ketones (excluding diaryl/α,β-unsaturated/α-hetero) is 2. The van der Waals surface area contributed by atoms with Crippen LogP contribution in [0.15, 0.2) is 11.3 Å². The monoisotopic (exact) mass is 268 g/mol. The van der Waals surface area contributed by atoms with Crippen LogP contribution in [0.4, 0.5) is 0 Å². The summed E-state index contributed by atoms with van der Waals surface area (Å²) >= 11 is 0. The van der Waals surface area contributed by atoms with Crippen molar-refractivity contribution in [1.82, 2.24) is 0 Å². The lowest BCUT2D eigenvalue weighted by molar-refractivity contribution is -0.126. The van der Waals surface area contributed by atoms with Crippen LogP contribution in [0.5, 0.6) is 0 Å². The molecule has 0 radical (unpaired) electrons. The molecule has 0 aliphatic heterocycles. The topological polar surface area (TPSA) is 74.6 Å². The fourth-order valence-corrected chi connectivity index (χ4v) is 2.35. The second-order valence-corrected chi connectivity index (χ2v) is 6.17. The molecule has 1 aliphatic rings. The van der Waals surface area contributed by atoms with Crippen LogP contribution in [0.25, 0.3) is 0 Å². The quantitative estimate of drug-likeness (QED) is 0.725. The number of rotatable bonds is 6. The summed E-state index contributed by atoms with van der Waals surface area (Å²) in [5, 5.41) is 20.0. The molecule has 108 valence electrons. The van der Waals surface area contributed by atoms with Crippen molar-refractivity contribution in [2.45, 2.75) is 53.1 Å². The minimum Gasteiger partial charge on any atom is -0.511 e. The van der Waals surface area contributed by atoms with Crippen LogP contribution >= 0.6 is 0 Å². The van der Waals surface area contributed by atoms with Gasteiger partial charge in [0.25, 0.3) is 0 Å². The van der Waals surface area contributed by atoms with Crippen molar-refractivity contribution in [2.24, 2.45) is 17.8 Å². The molecule has 2 atom stereocenters. The average molecular weight is 268 g/mol. The molecule has 0 saturated heterocycles. The first-order chi connectivity index (χ1) is 8.75. The highest BCUT2D eigenvalue weighted by molar-refractivity contribution is 6.23. The Morgan fingerprint density at radius 1 is 1.21 bits per heavy atom. The number of carbonyl (C=O) groups excluding carboxylic acids is 2. The highest BCUT2D eigenvalue weighted by atomic mass is 16.3. The molecular weight excluding hydrogens is 244 g/mol. The van der Waals surface area contributed by atoms with E-state index in [1.165, 1.54) is 0 Å². The predicted octanol–water partition coefficient (Wildman–Crippen LogP) is 2.41. The van der Waals surface area contributed by atoms with E-state index >= 15 is 0 Å². The molecule has 0 heterocycles. The Hall–Kier alpha value is -1.16. The third kappa shape index (κ3) is 3.66. The van der Waals surface area contributed by atoms with Gasteiger partial charge < -0.3 is 10.2 Å². The Balaban J connectivity index is 2.89. The van der Waals surface area contributed by atoms with Gasteiger partial charge in [-0.25, -0.2) is 0 Å². The maximum Gasteiger partial charge on any atom is 0.198 e. The third-order valence-electron chi connectivity index (χ3n) is 3.43. The summed E-state index contributed by atoms with van der Waals surface area (Å²) < 4.78 is 0. The van der Waals surface area contributed by atoms with Crippen molar-refractivity contribution in [1.29, 1.82) is 0 Å². The summed E-state index contributed by atoms with van der Waals surface area (Å²) in [4.78, 5) is 23.9. The van der Waals surface area contributed by atoms with Gasteiger partial charge in [0.15, 0.2) is 11.6 Å². The predicted molar refractivity (Wildman–Crippen MR) is 72.7 cm³/mol. The van der Waals surface area contributed by atoms with Gasteiger partial charge in [-0.3, -0.25) is 9.59 Å². The number of aliphatic hydroxyl groups is 2. The Morgan fingerprint density at radius 2 is 1.79 bits per heavy atom. The van der Waals surface area contributed by atoms with E-state index in [9.17, 15) is 19.8 Å². The maximum atomic E-state index is 12.0. The average Bonchev–Trinajstić information content (AvgIpc) is 2.47. The molecule has 0 fully saturated rings. The van der Waals surface area contributed by atoms with Gasteiger partial charge in [-0.05, 0) is 18.3 Å². The number of aliphatic hydroxyl groups excluding tert-OH is 2. The Labute approximate surface area is 114 Å². The van der Waals surface area contributed by atoms with E-state index in [1.807, 2.05) is 27.7 Å². The second kappa shape index (κ2) is 6.33. The zero-order valence-corrected chi connectivity index (χ0v) is 12.1. The Morgan fingerprint density at radius 3 is 2.26 bits per heavy atom. The summed E-state index contributed by atoms with van der Waals surface area (Å²) in [6.45, 7) is 7.83. The molecule has 1 rings (SSSR count). The van der Waals surface area contributed by atoms with E-state index in [-0.39, 0.29) is 29.5 Å². The fourth-order valence-electron chi connectivity index (χ4n) is 2.35. The molecule has 0 spiro atoms. The normalized spacial score (nSPS) is 23.8. The number of ketones is 2. The first-order valence-corrected chi connectivity index (χ1v) is 6.94. The van der Waals surface area contributed by atoms with Crippen molar-refractivity contribution in [3.8, 4) is 0 Å². The maximum absolute atomic E-state index is 12.0. The lowest BCUT2D eigenvalue weighted by Gasteiger charge is -2.15. The van der Waals surface area contributed by atoms with E-state index in [2.05, 4.69) is 0 Å². The van der Waals surface area contributed by atoms with Crippen molar-refractivity contribution < 1.29 is 19.8 Å². The van der Waals surface area contributed by atoms with Gasteiger partial charge in [-0.15, -0.1) is 0 Å². The number of hydrogen-bond acceptors (Lipinski definition) is 4. The first kappa shape index (κ1) is 15.9. The number of carbonyl (C=O) groups is 2. The van der Waals surface area contributed by atoms with Gasteiger partial charge in [-0.1, -0.05) is 34.1 Å². The summed E-state index contributed by atoms with van der Waals surface area (Å²) in [6.07, 6.45) is 0.277. The van der Waals surface area contributed by atoms with E-state index < -0.39 is 17.8 Å². The lowest BCUT2D eigenvalue weighted by atomic mass is 9.94. The minimum absolute atomic E-state index is 0.118. The third-order valence-corrected chi connectivity index (χ3v) is 3.43. The minimum atomic E-state index is -1.26. The summed E-state index contributed by atoms with van der Waals surface area (Å²) in [5.41, 5.74) is -0.171. The van der Waals surface area contributed by atoms with Gasteiger partial charge >= 0.3 is 0 Å². The molecule has 4 nitrogen and oxygen atoms in total. The van der Waals surface area contributed by atoms with Crippen LogP contribution in [-0.4, -0.2) is 27.9 Å². The molecule has 0 aromatic rings. The highest BCUT2D eigenvalue weighted by Crippen LogP contribution is 2.33. The van der Waals surface area contributed by atoms with Gasteiger partial charge in [0.2, 0.25) is 0 Å². The molecule has 4 heteroatoms. The molecule has 19 heavy (non-hydrogen) atoms. The second-order valence-electron chi connectivity index (χ2n) is 6.17.